The first-order valence-electron chi connectivity index (χ1n) is 5.71. The molecule has 2 heterocycles. The number of fused-ring (bicyclic) bond motifs is 1. The molecule has 0 atom stereocenters. The van der Waals surface area contributed by atoms with Crippen LogP contribution in [0.2, 0.25) is 0 Å². The summed E-state index contributed by atoms with van der Waals surface area (Å²) < 4.78 is 14.1. The lowest BCUT2D eigenvalue weighted by Gasteiger charge is -2.05. The number of nitrogens with zero attached hydrogens (tertiary/aromatic N) is 2. The van der Waals surface area contributed by atoms with Crippen molar-refractivity contribution in [3.8, 4) is 0 Å². The summed E-state index contributed by atoms with van der Waals surface area (Å²) >= 11 is 6.37. The number of nitrogen functional groups attached to an aromatic ring is 1. The van der Waals surface area contributed by atoms with Gasteiger partial charge in [-0.2, -0.15) is 0 Å². The van der Waals surface area contributed by atoms with Crippen LogP contribution < -0.4 is 5.73 Å². The van der Waals surface area contributed by atoms with E-state index in [1.54, 1.807) is 6.07 Å². The van der Waals surface area contributed by atoms with E-state index in [1.807, 2.05) is 11.4 Å². The standard InChI is InChI=1S/C13H9BrFN3S2/c14-10-2-1-8(15)5-7(10)6-20-13-17-11(16)9-3-4-19-12(9)18-13/h1-5H,6H2,(H2,16,17,18). The van der Waals surface area contributed by atoms with Gasteiger partial charge in [0.2, 0.25) is 0 Å². The summed E-state index contributed by atoms with van der Waals surface area (Å²) in [6.45, 7) is 0. The lowest BCUT2D eigenvalue weighted by atomic mass is 10.2. The van der Waals surface area contributed by atoms with Crippen molar-refractivity contribution < 1.29 is 4.39 Å². The molecule has 3 nitrogen and oxygen atoms in total. The predicted octanol–water partition coefficient (Wildman–Crippen LogP) is 4.47. The van der Waals surface area contributed by atoms with Gasteiger partial charge in [0.15, 0.2) is 5.16 Å². The second-order valence-corrected chi connectivity index (χ2v) is 6.75. The van der Waals surface area contributed by atoms with Gasteiger partial charge in [-0.3, -0.25) is 0 Å². The third-order valence-corrected chi connectivity index (χ3v) is 5.17. The van der Waals surface area contributed by atoms with E-state index in [1.165, 1.54) is 35.2 Å². The Labute approximate surface area is 131 Å². The molecule has 3 aromatic rings. The second kappa shape index (κ2) is 5.67. The van der Waals surface area contributed by atoms with Gasteiger partial charge in [0.05, 0.1) is 5.39 Å². The van der Waals surface area contributed by atoms with Gasteiger partial charge in [0.25, 0.3) is 0 Å². The van der Waals surface area contributed by atoms with E-state index >= 15 is 0 Å². The van der Waals surface area contributed by atoms with Crippen LogP contribution in [-0.4, -0.2) is 9.97 Å². The van der Waals surface area contributed by atoms with Crippen molar-refractivity contribution in [1.82, 2.24) is 9.97 Å². The molecular formula is C13H9BrFN3S2. The Balaban J connectivity index is 1.84. The molecule has 3 rings (SSSR count). The van der Waals surface area contributed by atoms with E-state index < -0.39 is 0 Å². The molecule has 0 bridgehead atoms. The maximum atomic E-state index is 13.2. The Kier molecular flexibility index (Phi) is 3.91. The quantitative estimate of drug-likeness (QED) is 0.546. The fourth-order valence-electron chi connectivity index (χ4n) is 1.72. The van der Waals surface area contributed by atoms with Crippen molar-refractivity contribution >= 4 is 55.1 Å². The van der Waals surface area contributed by atoms with Gasteiger partial charge in [-0.1, -0.05) is 27.7 Å². The molecule has 0 aliphatic carbocycles. The highest BCUT2D eigenvalue weighted by Gasteiger charge is 2.08. The summed E-state index contributed by atoms with van der Waals surface area (Å²) in [4.78, 5) is 9.59. The van der Waals surface area contributed by atoms with Crippen molar-refractivity contribution in [3.05, 3.63) is 45.5 Å². The first-order chi connectivity index (χ1) is 9.63. The molecule has 102 valence electrons. The zero-order chi connectivity index (χ0) is 14.1. The summed E-state index contributed by atoms with van der Waals surface area (Å²) in [7, 11) is 0. The summed E-state index contributed by atoms with van der Waals surface area (Å²) in [5.74, 6) is 0.810. The summed E-state index contributed by atoms with van der Waals surface area (Å²) in [5, 5.41) is 3.42. The molecule has 0 saturated heterocycles. The van der Waals surface area contributed by atoms with Crippen LogP contribution >= 0.6 is 39.0 Å². The van der Waals surface area contributed by atoms with Gasteiger partial charge >= 0.3 is 0 Å². The average Bonchev–Trinajstić information content (AvgIpc) is 2.89. The van der Waals surface area contributed by atoms with Crippen molar-refractivity contribution in [2.75, 3.05) is 5.73 Å². The van der Waals surface area contributed by atoms with Gasteiger partial charge in [-0.25, -0.2) is 14.4 Å². The number of hydrogen-bond donors (Lipinski definition) is 1. The number of benzene rings is 1. The molecule has 0 unspecified atom stereocenters. The fraction of sp³-hybridized carbons (Fsp3) is 0.0769. The molecular weight excluding hydrogens is 361 g/mol. The zero-order valence-electron chi connectivity index (χ0n) is 10.1. The molecule has 0 saturated carbocycles. The number of anilines is 1. The van der Waals surface area contributed by atoms with Crippen molar-refractivity contribution in [3.63, 3.8) is 0 Å². The monoisotopic (exact) mass is 369 g/mol. The van der Waals surface area contributed by atoms with Gasteiger partial charge in [0, 0.05) is 10.2 Å². The third-order valence-electron chi connectivity index (χ3n) is 2.70. The van der Waals surface area contributed by atoms with Gasteiger partial charge in [-0.15, -0.1) is 11.3 Å². The number of rotatable bonds is 3. The van der Waals surface area contributed by atoms with Crippen LogP contribution in [0.5, 0.6) is 0 Å². The molecule has 20 heavy (non-hydrogen) atoms. The molecule has 0 aliphatic heterocycles. The van der Waals surface area contributed by atoms with E-state index in [4.69, 9.17) is 5.73 Å². The van der Waals surface area contributed by atoms with Crippen LogP contribution in [0.4, 0.5) is 10.2 Å². The minimum atomic E-state index is -0.252. The maximum absolute atomic E-state index is 13.2. The lowest BCUT2D eigenvalue weighted by molar-refractivity contribution is 0.626. The molecule has 0 fully saturated rings. The number of nitrogens with two attached hydrogens (primary N) is 1. The number of hydrogen-bond acceptors (Lipinski definition) is 5. The number of thiophene rings is 1. The molecule has 2 aromatic heterocycles. The molecule has 0 spiro atoms. The molecule has 7 heteroatoms. The van der Waals surface area contributed by atoms with Crippen LogP contribution in [0.25, 0.3) is 10.2 Å². The van der Waals surface area contributed by atoms with Crippen LogP contribution in [0, 0.1) is 5.82 Å². The largest absolute Gasteiger partial charge is 0.383 e. The van der Waals surface area contributed by atoms with E-state index in [9.17, 15) is 4.39 Å². The van der Waals surface area contributed by atoms with E-state index in [0.717, 1.165) is 20.3 Å². The Morgan fingerprint density at radius 3 is 3.00 bits per heavy atom. The van der Waals surface area contributed by atoms with Crippen molar-refractivity contribution in [2.24, 2.45) is 0 Å². The Morgan fingerprint density at radius 2 is 2.15 bits per heavy atom. The number of halogens is 2. The smallest absolute Gasteiger partial charge is 0.191 e. The van der Waals surface area contributed by atoms with Crippen LogP contribution in [0.1, 0.15) is 5.56 Å². The highest BCUT2D eigenvalue weighted by Crippen LogP contribution is 2.29. The zero-order valence-corrected chi connectivity index (χ0v) is 13.4. The molecule has 0 radical (unpaired) electrons. The van der Waals surface area contributed by atoms with Gasteiger partial charge in [0.1, 0.15) is 16.5 Å². The summed E-state index contributed by atoms with van der Waals surface area (Å²) in [5.41, 5.74) is 6.76. The SMILES string of the molecule is Nc1nc(SCc2cc(F)ccc2Br)nc2sccc12. The van der Waals surface area contributed by atoms with E-state index in [2.05, 4.69) is 25.9 Å². The Hall–Kier alpha value is -1.18. The average molecular weight is 370 g/mol. The first-order valence-corrected chi connectivity index (χ1v) is 8.37. The fourth-order valence-corrected chi connectivity index (χ4v) is 3.96. The summed E-state index contributed by atoms with van der Waals surface area (Å²) in [6.07, 6.45) is 0. The minimum Gasteiger partial charge on any atom is -0.383 e. The third kappa shape index (κ3) is 2.79. The first kappa shape index (κ1) is 13.8. The van der Waals surface area contributed by atoms with E-state index in [0.29, 0.717) is 16.7 Å². The van der Waals surface area contributed by atoms with Gasteiger partial charge in [-0.05, 0) is 35.2 Å². The number of thioether (sulfide) groups is 1. The number of aromatic nitrogens is 2. The Bertz CT molecular complexity index is 775. The highest BCUT2D eigenvalue weighted by molar-refractivity contribution is 9.10. The topological polar surface area (TPSA) is 51.8 Å². The lowest BCUT2D eigenvalue weighted by Crippen LogP contribution is -1.95. The molecule has 1 aromatic carbocycles. The molecule has 0 aliphatic rings. The van der Waals surface area contributed by atoms with Crippen LogP contribution in [0.15, 0.2) is 39.3 Å². The van der Waals surface area contributed by atoms with Gasteiger partial charge < -0.3 is 5.73 Å². The predicted molar refractivity (Wildman–Crippen MR) is 85.5 cm³/mol. The highest BCUT2D eigenvalue weighted by atomic mass is 79.9. The molecule has 0 amide bonds. The minimum absolute atomic E-state index is 0.252. The summed E-state index contributed by atoms with van der Waals surface area (Å²) in [6, 6.07) is 6.53. The van der Waals surface area contributed by atoms with Crippen LogP contribution in [-0.2, 0) is 5.75 Å². The second-order valence-electron chi connectivity index (χ2n) is 4.06. The maximum Gasteiger partial charge on any atom is 0.191 e. The van der Waals surface area contributed by atoms with Crippen molar-refractivity contribution in [1.29, 1.82) is 0 Å². The normalized spacial score (nSPS) is 11.1. The van der Waals surface area contributed by atoms with E-state index in [-0.39, 0.29) is 5.82 Å². The Morgan fingerprint density at radius 1 is 1.30 bits per heavy atom. The molecule has 2 N–H and O–H groups in total. The van der Waals surface area contributed by atoms with Crippen molar-refractivity contribution in [2.45, 2.75) is 10.9 Å². The van der Waals surface area contributed by atoms with Crippen LogP contribution in [0.3, 0.4) is 0 Å².